The molecule has 0 saturated heterocycles. The predicted octanol–water partition coefficient (Wildman–Crippen LogP) is 2.22. The number of esters is 1. The van der Waals surface area contributed by atoms with Crippen LogP contribution in [-0.2, 0) is 9.53 Å². The number of alkyl halides is 3. The molecular formula is C11H9F3N2O5. The van der Waals surface area contributed by atoms with Gasteiger partial charge in [0.15, 0.2) is 0 Å². The summed E-state index contributed by atoms with van der Waals surface area (Å²) in [5.74, 6) is -1.37. The quantitative estimate of drug-likeness (QED) is 0.523. The number of hydrogen-bond acceptors (Lipinski definition) is 6. The zero-order valence-electron chi connectivity index (χ0n) is 10.6. The van der Waals surface area contributed by atoms with Crippen LogP contribution in [0.4, 0.5) is 24.5 Å². The van der Waals surface area contributed by atoms with Gasteiger partial charge in [-0.2, -0.15) is 13.2 Å². The van der Waals surface area contributed by atoms with Gasteiger partial charge >= 0.3 is 12.1 Å². The molecule has 1 aliphatic heterocycles. The highest BCUT2D eigenvalue weighted by Crippen LogP contribution is 2.47. The van der Waals surface area contributed by atoms with E-state index in [0.29, 0.717) is 0 Å². The maximum absolute atomic E-state index is 13.2. The van der Waals surface area contributed by atoms with Gasteiger partial charge in [-0.05, 0) is 6.07 Å². The summed E-state index contributed by atoms with van der Waals surface area (Å²) >= 11 is 0. The van der Waals surface area contributed by atoms with Crippen molar-refractivity contribution in [1.82, 2.24) is 0 Å². The Morgan fingerprint density at radius 1 is 1.52 bits per heavy atom. The summed E-state index contributed by atoms with van der Waals surface area (Å²) in [6.07, 6.45) is -6.07. The molecule has 10 heteroatoms. The molecule has 1 heterocycles. The van der Waals surface area contributed by atoms with Crippen LogP contribution in [0, 0.1) is 10.1 Å². The van der Waals surface area contributed by atoms with Crippen LogP contribution >= 0.6 is 0 Å². The number of rotatable bonds is 3. The van der Waals surface area contributed by atoms with Gasteiger partial charge in [0.05, 0.1) is 17.7 Å². The number of methoxy groups -OCH3 is 1. The number of anilines is 1. The third-order valence-corrected chi connectivity index (χ3v) is 2.87. The van der Waals surface area contributed by atoms with E-state index in [-0.39, 0.29) is 11.4 Å². The molecule has 1 aromatic carbocycles. The summed E-state index contributed by atoms with van der Waals surface area (Å²) in [5.41, 5.74) is -3.62. The molecular weight excluding hydrogens is 297 g/mol. The fourth-order valence-corrected chi connectivity index (χ4v) is 1.83. The molecule has 0 bridgehead atoms. The Bertz CT molecular complexity index is 604. The van der Waals surface area contributed by atoms with E-state index in [9.17, 15) is 28.1 Å². The highest BCUT2D eigenvalue weighted by atomic mass is 19.4. The minimum atomic E-state index is -4.94. The minimum Gasteiger partial charge on any atom is -0.469 e. The molecule has 1 unspecified atom stereocenters. The van der Waals surface area contributed by atoms with Gasteiger partial charge in [-0.25, -0.2) is 0 Å². The first-order valence-corrected chi connectivity index (χ1v) is 5.58. The lowest BCUT2D eigenvalue weighted by atomic mass is 10.1. The maximum Gasteiger partial charge on any atom is 0.449 e. The highest BCUT2D eigenvalue weighted by Gasteiger charge is 2.62. The molecule has 21 heavy (non-hydrogen) atoms. The molecule has 1 aromatic rings. The number of non-ortho nitro benzene ring substituents is 1. The van der Waals surface area contributed by atoms with Gasteiger partial charge in [0.25, 0.3) is 11.4 Å². The number of fused-ring (bicyclic) bond motifs is 1. The summed E-state index contributed by atoms with van der Waals surface area (Å²) in [6.45, 7) is 0. The van der Waals surface area contributed by atoms with E-state index in [1.165, 1.54) is 0 Å². The van der Waals surface area contributed by atoms with Gasteiger partial charge in [0, 0.05) is 12.1 Å². The first-order valence-electron chi connectivity index (χ1n) is 5.58. The van der Waals surface area contributed by atoms with Crippen molar-refractivity contribution in [3.63, 3.8) is 0 Å². The minimum absolute atomic E-state index is 0.217. The van der Waals surface area contributed by atoms with E-state index in [0.717, 1.165) is 25.3 Å². The molecule has 0 spiro atoms. The average Bonchev–Trinajstić information content (AvgIpc) is 2.76. The van der Waals surface area contributed by atoms with Crippen LogP contribution < -0.4 is 10.1 Å². The van der Waals surface area contributed by atoms with Crippen molar-refractivity contribution in [1.29, 1.82) is 0 Å². The Labute approximate surface area is 115 Å². The number of ether oxygens (including phenoxy) is 2. The summed E-state index contributed by atoms with van der Waals surface area (Å²) in [4.78, 5) is 21.1. The predicted molar refractivity (Wildman–Crippen MR) is 62.8 cm³/mol. The third-order valence-electron chi connectivity index (χ3n) is 2.87. The standard InChI is InChI=1S/C11H9F3N2O5/c1-20-9(17)5-10(11(12,13)14)15-7-4-6(16(18)19)2-3-8(7)21-10/h2-4,15H,5H2,1H3. The summed E-state index contributed by atoms with van der Waals surface area (Å²) in [5, 5.41) is 12.6. The Kier molecular flexibility index (Phi) is 3.39. The van der Waals surface area contributed by atoms with Crippen LogP contribution in [0.2, 0.25) is 0 Å². The molecule has 0 radical (unpaired) electrons. The van der Waals surface area contributed by atoms with Crippen molar-refractivity contribution in [2.45, 2.75) is 18.3 Å². The Balaban J connectivity index is 2.39. The first-order chi connectivity index (χ1) is 9.68. The van der Waals surface area contributed by atoms with Crippen LogP contribution in [0.25, 0.3) is 0 Å². The number of nitro benzene ring substituents is 1. The molecule has 2 rings (SSSR count). The van der Waals surface area contributed by atoms with E-state index in [2.05, 4.69) is 4.74 Å². The highest BCUT2D eigenvalue weighted by molar-refractivity contribution is 5.74. The third kappa shape index (κ3) is 2.56. The number of carbonyl (C=O) groups is 1. The van der Waals surface area contributed by atoms with E-state index < -0.39 is 34.9 Å². The van der Waals surface area contributed by atoms with E-state index >= 15 is 0 Å². The second-order valence-electron chi connectivity index (χ2n) is 4.24. The maximum atomic E-state index is 13.2. The topological polar surface area (TPSA) is 90.7 Å². The molecule has 0 amide bonds. The molecule has 0 saturated carbocycles. The summed E-state index contributed by atoms with van der Waals surface area (Å²) in [7, 11) is 0.944. The van der Waals surface area contributed by atoms with E-state index in [4.69, 9.17) is 4.74 Å². The van der Waals surface area contributed by atoms with Gasteiger partial charge in [0.2, 0.25) is 0 Å². The zero-order valence-corrected chi connectivity index (χ0v) is 10.6. The molecule has 0 fully saturated rings. The summed E-state index contributed by atoms with van der Waals surface area (Å²) in [6, 6.07) is 2.94. The van der Waals surface area contributed by atoms with Crippen molar-refractivity contribution in [3.05, 3.63) is 28.3 Å². The molecule has 7 nitrogen and oxygen atoms in total. The lowest BCUT2D eigenvalue weighted by Gasteiger charge is -2.30. The molecule has 0 aliphatic carbocycles. The van der Waals surface area contributed by atoms with Crippen LogP contribution in [0.15, 0.2) is 18.2 Å². The van der Waals surface area contributed by atoms with Crippen LogP contribution in [0.3, 0.4) is 0 Å². The fourth-order valence-electron chi connectivity index (χ4n) is 1.83. The van der Waals surface area contributed by atoms with Crippen molar-refractivity contribution in [3.8, 4) is 5.75 Å². The normalized spacial score (nSPS) is 20.2. The molecule has 1 atom stereocenters. The second-order valence-corrected chi connectivity index (χ2v) is 4.24. The number of benzene rings is 1. The Hall–Kier alpha value is -2.52. The number of hydrogen-bond donors (Lipinski definition) is 1. The van der Waals surface area contributed by atoms with Gasteiger partial charge in [-0.15, -0.1) is 0 Å². The smallest absolute Gasteiger partial charge is 0.449 e. The second kappa shape index (κ2) is 4.79. The monoisotopic (exact) mass is 306 g/mol. The van der Waals surface area contributed by atoms with Crippen molar-refractivity contribution in [2.24, 2.45) is 0 Å². The van der Waals surface area contributed by atoms with Gasteiger partial charge in [-0.3, -0.25) is 14.9 Å². The zero-order chi connectivity index (χ0) is 15.8. The fraction of sp³-hybridized carbons (Fsp3) is 0.364. The van der Waals surface area contributed by atoms with Gasteiger partial charge in [-0.1, -0.05) is 0 Å². The largest absolute Gasteiger partial charge is 0.469 e. The van der Waals surface area contributed by atoms with Crippen LogP contribution in [0.1, 0.15) is 6.42 Å². The Morgan fingerprint density at radius 3 is 2.71 bits per heavy atom. The van der Waals surface area contributed by atoms with Gasteiger partial charge < -0.3 is 14.8 Å². The Morgan fingerprint density at radius 2 is 2.19 bits per heavy atom. The summed E-state index contributed by atoms with van der Waals surface area (Å²) < 4.78 is 48.7. The number of nitro groups is 1. The molecule has 1 N–H and O–H groups in total. The number of halogens is 3. The van der Waals surface area contributed by atoms with Crippen molar-refractivity contribution >= 4 is 17.3 Å². The lowest BCUT2D eigenvalue weighted by Crippen LogP contribution is -2.55. The van der Waals surface area contributed by atoms with Crippen molar-refractivity contribution < 1.29 is 32.4 Å². The average molecular weight is 306 g/mol. The number of carbonyl (C=O) groups excluding carboxylic acids is 1. The molecule has 1 aliphatic rings. The first kappa shape index (κ1) is 14.9. The van der Waals surface area contributed by atoms with E-state index in [1.807, 2.05) is 5.32 Å². The number of nitrogens with zero attached hydrogens (tertiary/aromatic N) is 1. The molecule has 0 aromatic heterocycles. The van der Waals surface area contributed by atoms with Crippen molar-refractivity contribution in [2.75, 3.05) is 12.4 Å². The van der Waals surface area contributed by atoms with Gasteiger partial charge in [0.1, 0.15) is 12.2 Å². The lowest BCUT2D eigenvalue weighted by molar-refractivity contribution is -0.384. The number of nitrogens with one attached hydrogen (secondary N) is 1. The SMILES string of the molecule is COC(=O)CC1(C(F)(F)F)Nc2cc([N+](=O)[O-])ccc2O1. The van der Waals surface area contributed by atoms with Crippen LogP contribution in [0.5, 0.6) is 5.75 Å². The van der Waals surface area contributed by atoms with E-state index in [1.54, 1.807) is 0 Å². The molecule has 114 valence electrons. The van der Waals surface area contributed by atoms with Crippen LogP contribution in [-0.4, -0.2) is 29.9 Å².